The first kappa shape index (κ1) is 18.1. The Bertz CT molecular complexity index is 508. The molecule has 0 aromatic heterocycles. The summed E-state index contributed by atoms with van der Waals surface area (Å²) in [5.74, 6) is 0.301. The molecule has 0 amide bonds. The third-order valence-corrected chi connectivity index (χ3v) is 8.27. The molecular formula is C15H16Br4O2. The van der Waals surface area contributed by atoms with Gasteiger partial charge in [-0.25, -0.2) is 0 Å². The van der Waals surface area contributed by atoms with Gasteiger partial charge in [0.15, 0.2) is 9.02 Å². The lowest BCUT2D eigenvalue weighted by molar-refractivity contribution is 0.206. The Morgan fingerprint density at radius 1 is 0.905 bits per heavy atom. The highest BCUT2D eigenvalue weighted by molar-refractivity contribution is 9.14. The van der Waals surface area contributed by atoms with Gasteiger partial charge in [-0.05, 0) is 49.4 Å². The molecule has 0 aliphatic heterocycles. The molecule has 2 aliphatic carbocycles. The molecule has 0 bridgehead atoms. The average molecular weight is 548 g/mol. The van der Waals surface area contributed by atoms with E-state index >= 15 is 0 Å². The zero-order valence-electron chi connectivity index (χ0n) is 11.5. The van der Waals surface area contributed by atoms with E-state index in [4.69, 9.17) is 0 Å². The quantitative estimate of drug-likeness (QED) is 0.373. The molecule has 4 atom stereocenters. The number of hydrogen-bond donors (Lipinski definition) is 2. The second kappa shape index (κ2) is 6.02. The van der Waals surface area contributed by atoms with E-state index < -0.39 is 9.02 Å². The summed E-state index contributed by atoms with van der Waals surface area (Å²) in [4.78, 5) is 0. The lowest BCUT2D eigenvalue weighted by atomic mass is 9.67. The first-order valence-corrected chi connectivity index (χ1v) is 9.61. The maximum absolute atomic E-state index is 10.1. The highest BCUT2D eigenvalue weighted by atomic mass is 79.9. The molecule has 2 aliphatic rings. The van der Waals surface area contributed by atoms with Gasteiger partial charge < -0.3 is 10.2 Å². The number of aliphatic hydroxyl groups is 2. The molecule has 2 nitrogen and oxygen atoms in total. The minimum Gasteiger partial charge on any atom is -0.371 e. The van der Waals surface area contributed by atoms with Crippen LogP contribution in [0.2, 0.25) is 0 Å². The van der Waals surface area contributed by atoms with Crippen LogP contribution >= 0.6 is 63.7 Å². The van der Waals surface area contributed by atoms with Gasteiger partial charge >= 0.3 is 0 Å². The molecule has 6 heteroatoms. The molecule has 116 valence electrons. The normalized spacial score (nSPS) is 40.0. The van der Waals surface area contributed by atoms with Gasteiger partial charge in [0.1, 0.15) is 0 Å². The molecule has 0 aromatic carbocycles. The number of hydrogen-bond acceptors (Lipinski definition) is 2. The van der Waals surface area contributed by atoms with Crippen LogP contribution < -0.4 is 0 Å². The Kier molecular flexibility index (Phi) is 5.20. The van der Waals surface area contributed by atoms with Crippen LogP contribution in [0.1, 0.15) is 13.8 Å². The Balaban J connectivity index is 2.29. The Hall–Kier alpha value is 0.800. The molecule has 2 N–H and O–H groups in total. The summed E-state index contributed by atoms with van der Waals surface area (Å²) in [6.45, 7) is 4.34. The lowest BCUT2D eigenvalue weighted by Crippen LogP contribution is -2.34. The van der Waals surface area contributed by atoms with Crippen molar-refractivity contribution in [2.24, 2.45) is 17.3 Å². The van der Waals surface area contributed by atoms with Crippen molar-refractivity contribution in [1.82, 2.24) is 0 Å². The van der Waals surface area contributed by atoms with E-state index in [0.717, 1.165) is 0 Å². The van der Waals surface area contributed by atoms with Crippen LogP contribution in [0.15, 0.2) is 45.4 Å². The standard InChI is InChI=1S/C15H16Br4O2/c1-13(2,9-3-5-14(18,20)11(16)7-9)10-4-6-15(19,21)12(17)8-10/h3-10,20-21H,1-2H3. The van der Waals surface area contributed by atoms with Gasteiger partial charge in [0.2, 0.25) is 0 Å². The van der Waals surface area contributed by atoms with Crippen molar-refractivity contribution in [2.45, 2.75) is 22.9 Å². The molecule has 0 saturated heterocycles. The molecule has 0 radical (unpaired) electrons. The summed E-state index contributed by atoms with van der Waals surface area (Å²) in [6.07, 6.45) is 11.5. The van der Waals surface area contributed by atoms with E-state index in [-0.39, 0.29) is 17.3 Å². The minimum atomic E-state index is -1.12. The fourth-order valence-electron chi connectivity index (χ4n) is 2.43. The van der Waals surface area contributed by atoms with Gasteiger partial charge in [-0.1, -0.05) is 70.0 Å². The maximum atomic E-state index is 10.1. The van der Waals surface area contributed by atoms with E-state index in [2.05, 4.69) is 77.6 Å². The second-order valence-electron chi connectivity index (χ2n) is 5.97. The van der Waals surface area contributed by atoms with Gasteiger partial charge in [-0.15, -0.1) is 0 Å². The summed E-state index contributed by atoms with van der Waals surface area (Å²) in [6, 6.07) is 0. The Morgan fingerprint density at radius 3 is 1.52 bits per heavy atom. The predicted octanol–water partition coefficient (Wildman–Crippen LogP) is 5.11. The molecular weight excluding hydrogens is 532 g/mol. The van der Waals surface area contributed by atoms with Gasteiger partial charge in [0, 0.05) is 20.8 Å². The van der Waals surface area contributed by atoms with Crippen LogP contribution in [-0.4, -0.2) is 19.2 Å². The Labute approximate surface area is 158 Å². The molecule has 0 heterocycles. The predicted molar refractivity (Wildman–Crippen MR) is 101 cm³/mol. The number of halogens is 4. The molecule has 0 fully saturated rings. The molecule has 0 aromatic rings. The van der Waals surface area contributed by atoms with Gasteiger partial charge in [0.25, 0.3) is 0 Å². The average Bonchev–Trinajstić information content (AvgIpc) is 2.35. The summed E-state index contributed by atoms with van der Waals surface area (Å²) < 4.78 is -0.825. The fraction of sp³-hybridized carbons (Fsp3) is 0.467. The van der Waals surface area contributed by atoms with Crippen molar-refractivity contribution in [2.75, 3.05) is 0 Å². The van der Waals surface area contributed by atoms with Crippen molar-refractivity contribution >= 4 is 63.7 Å². The SMILES string of the molecule is CC(C)(C1C=CC(O)(Br)C(Br)=C1)C1C=CC(O)(Br)C(Br)=C1. The van der Waals surface area contributed by atoms with Crippen LogP contribution in [0.3, 0.4) is 0 Å². The van der Waals surface area contributed by atoms with Crippen LogP contribution in [0.4, 0.5) is 0 Å². The minimum absolute atomic E-state index is 0.113. The van der Waals surface area contributed by atoms with Crippen molar-refractivity contribution in [3.05, 3.63) is 45.4 Å². The van der Waals surface area contributed by atoms with E-state index in [0.29, 0.717) is 8.96 Å². The zero-order chi connectivity index (χ0) is 16.1. The topological polar surface area (TPSA) is 40.5 Å². The van der Waals surface area contributed by atoms with Gasteiger partial charge in [-0.2, -0.15) is 0 Å². The van der Waals surface area contributed by atoms with Crippen LogP contribution in [0.5, 0.6) is 0 Å². The first-order valence-electron chi connectivity index (χ1n) is 6.44. The zero-order valence-corrected chi connectivity index (χ0v) is 17.9. The highest BCUT2D eigenvalue weighted by Gasteiger charge is 2.40. The highest BCUT2D eigenvalue weighted by Crippen LogP contribution is 2.48. The lowest BCUT2D eigenvalue weighted by Gasteiger charge is -2.40. The maximum Gasteiger partial charge on any atom is 0.169 e. The summed E-state index contributed by atoms with van der Waals surface area (Å²) in [5, 5.41) is 20.2. The van der Waals surface area contributed by atoms with E-state index in [1.165, 1.54) is 0 Å². The van der Waals surface area contributed by atoms with Crippen molar-refractivity contribution in [1.29, 1.82) is 0 Å². The molecule has 2 rings (SSSR count). The summed E-state index contributed by atoms with van der Waals surface area (Å²) in [7, 11) is 0. The third kappa shape index (κ3) is 3.66. The fourth-order valence-corrected chi connectivity index (χ4v) is 3.83. The molecule has 4 unspecified atom stereocenters. The number of alkyl halides is 2. The number of rotatable bonds is 2. The van der Waals surface area contributed by atoms with E-state index in [1.54, 1.807) is 12.2 Å². The smallest absolute Gasteiger partial charge is 0.169 e. The van der Waals surface area contributed by atoms with Crippen molar-refractivity contribution in [3.63, 3.8) is 0 Å². The van der Waals surface area contributed by atoms with Crippen molar-refractivity contribution < 1.29 is 10.2 Å². The first-order chi connectivity index (χ1) is 9.47. The van der Waals surface area contributed by atoms with E-state index in [1.807, 2.05) is 24.3 Å². The van der Waals surface area contributed by atoms with Gasteiger partial charge in [-0.3, -0.25) is 0 Å². The Morgan fingerprint density at radius 2 is 1.24 bits per heavy atom. The van der Waals surface area contributed by atoms with Crippen LogP contribution in [0, 0.1) is 17.3 Å². The summed E-state index contributed by atoms with van der Waals surface area (Å²) in [5.41, 5.74) is -0.113. The largest absolute Gasteiger partial charge is 0.371 e. The molecule has 0 saturated carbocycles. The van der Waals surface area contributed by atoms with Gasteiger partial charge in [0.05, 0.1) is 0 Å². The molecule has 0 spiro atoms. The molecule has 21 heavy (non-hydrogen) atoms. The van der Waals surface area contributed by atoms with E-state index in [9.17, 15) is 10.2 Å². The van der Waals surface area contributed by atoms with Crippen LogP contribution in [-0.2, 0) is 0 Å². The summed E-state index contributed by atoms with van der Waals surface area (Å²) >= 11 is 13.3. The van der Waals surface area contributed by atoms with Crippen LogP contribution in [0.25, 0.3) is 0 Å². The monoisotopic (exact) mass is 544 g/mol. The third-order valence-electron chi connectivity index (χ3n) is 4.09. The number of allylic oxidation sites excluding steroid dienone is 4. The second-order valence-corrected chi connectivity index (χ2v) is 10.1. The van der Waals surface area contributed by atoms with Crippen molar-refractivity contribution in [3.8, 4) is 0 Å².